The lowest BCUT2D eigenvalue weighted by atomic mass is 10.1. The highest BCUT2D eigenvalue weighted by molar-refractivity contribution is 6.39. The molecule has 5 heteroatoms. The van der Waals surface area contributed by atoms with E-state index in [-0.39, 0.29) is 0 Å². The van der Waals surface area contributed by atoms with Crippen LogP contribution in [0.15, 0.2) is 48.5 Å². The second kappa shape index (κ2) is 8.87. The molecular formula is C20H24N2O3. The Kier molecular flexibility index (Phi) is 6.57. The van der Waals surface area contributed by atoms with Crippen molar-refractivity contribution in [1.82, 2.24) is 5.32 Å². The monoisotopic (exact) mass is 340 g/mol. The van der Waals surface area contributed by atoms with Crippen molar-refractivity contribution in [1.29, 1.82) is 0 Å². The maximum atomic E-state index is 12.0. The van der Waals surface area contributed by atoms with E-state index < -0.39 is 11.8 Å². The number of carbonyl (C=O) groups is 2. The van der Waals surface area contributed by atoms with E-state index in [4.69, 9.17) is 4.74 Å². The number of benzene rings is 2. The number of rotatable bonds is 6. The molecule has 0 aliphatic carbocycles. The van der Waals surface area contributed by atoms with Gasteiger partial charge in [-0.2, -0.15) is 0 Å². The van der Waals surface area contributed by atoms with Crippen LogP contribution < -0.4 is 15.4 Å². The minimum atomic E-state index is -0.690. The normalized spacial score (nSPS) is 10.4. The van der Waals surface area contributed by atoms with Gasteiger partial charge in [0, 0.05) is 12.2 Å². The largest absolute Gasteiger partial charge is 0.493 e. The molecule has 0 saturated carbocycles. The van der Waals surface area contributed by atoms with Gasteiger partial charge in [-0.15, -0.1) is 0 Å². The molecule has 0 fully saturated rings. The van der Waals surface area contributed by atoms with Gasteiger partial charge < -0.3 is 15.4 Å². The molecule has 0 unspecified atom stereocenters. The quantitative estimate of drug-likeness (QED) is 0.793. The first-order valence-electron chi connectivity index (χ1n) is 8.32. The van der Waals surface area contributed by atoms with E-state index in [9.17, 15) is 9.59 Å². The maximum absolute atomic E-state index is 12.0. The minimum absolute atomic E-state index is 0.320. The van der Waals surface area contributed by atoms with Gasteiger partial charge in [0.2, 0.25) is 0 Å². The molecule has 0 aliphatic rings. The zero-order valence-corrected chi connectivity index (χ0v) is 14.8. The third-order valence-electron chi connectivity index (χ3n) is 3.60. The van der Waals surface area contributed by atoms with E-state index in [1.807, 2.05) is 31.2 Å². The number of nitrogens with one attached hydrogen (secondary N) is 2. The number of hydrogen-bond acceptors (Lipinski definition) is 3. The average Bonchev–Trinajstić information content (AvgIpc) is 2.60. The van der Waals surface area contributed by atoms with Crippen molar-refractivity contribution in [2.45, 2.75) is 27.3 Å². The molecule has 0 spiro atoms. The maximum Gasteiger partial charge on any atom is 0.313 e. The molecule has 0 heterocycles. The highest BCUT2D eigenvalue weighted by Crippen LogP contribution is 2.16. The Hall–Kier alpha value is -2.82. The molecular weight excluding hydrogens is 316 g/mol. The standard InChI is InChI=1S/C20H24N2O3/c1-14(2)13-25-18-10-8-17(9-11-18)22-20(24)19(23)21-12-16-7-5-4-6-15(16)3/h4-11,14H,12-13H2,1-3H3,(H,21,23)(H,22,24). The number of hydrogen-bond donors (Lipinski definition) is 2. The van der Waals surface area contributed by atoms with Gasteiger partial charge in [0.1, 0.15) is 5.75 Å². The van der Waals surface area contributed by atoms with Crippen LogP contribution in [-0.4, -0.2) is 18.4 Å². The highest BCUT2D eigenvalue weighted by atomic mass is 16.5. The zero-order valence-electron chi connectivity index (χ0n) is 14.8. The molecule has 0 saturated heterocycles. The Balaban J connectivity index is 1.84. The Morgan fingerprint density at radius 1 is 1.00 bits per heavy atom. The van der Waals surface area contributed by atoms with Gasteiger partial charge in [-0.05, 0) is 48.2 Å². The summed E-state index contributed by atoms with van der Waals surface area (Å²) < 4.78 is 5.58. The molecule has 0 bridgehead atoms. The Bertz CT molecular complexity index is 724. The van der Waals surface area contributed by atoms with E-state index >= 15 is 0 Å². The smallest absolute Gasteiger partial charge is 0.313 e. The molecule has 0 atom stereocenters. The van der Waals surface area contributed by atoms with Crippen molar-refractivity contribution in [2.24, 2.45) is 5.92 Å². The fourth-order valence-electron chi connectivity index (χ4n) is 2.15. The summed E-state index contributed by atoms with van der Waals surface area (Å²) in [4.78, 5) is 23.9. The summed E-state index contributed by atoms with van der Waals surface area (Å²) in [6.07, 6.45) is 0. The third kappa shape index (κ3) is 5.95. The van der Waals surface area contributed by atoms with E-state index in [0.29, 0.717) is 24.8 Å². The Labute approximate surface area is 148 Å². The SMILES string of the molecule is Cc1ccccc1CNC(=O)C(=O)Nc1ccc(OCC(C)C)cc1. The van der Waals surface area contributed by atoms with Crippen LogP contribution >= 0.6 is 0 Å². The lowest BCUT2D eigenvalue weighted by Crippen LogP contribution is -2.35. The van der Waals surface area contributed by atoms with Crippen LogP contribution in [0, 0.1) is 12.8 Å². The van der Waals surface area contributed by atoms with Gasteiger partial charge in [-0.1, -0.05) is 38.1 Å². The summed E-state index contributed by atoms with van der Waals surface area (Å²) in [7, 11) is 0. The summed E-state index contributed by atoms with van der Waals surface area (Å²) in [6.45, 7) is 7.06. The molecule has 2 amide bonds. The van der Waals surface area contributed by atoms with Crippen molar-refractivity contribution in [3.05, 3.63) is 59.7 Å². The first-order valence-corrected chi connectivity index (χ1v) is 8.32. The first-order chi connectivity index (χ1) is 12.0. The van der Waals surface area contributed by atoms with E-state index in [1.165, 1.54) is 0 Å². The second-order valence-corrected chi connectivity index (χ2v) is 6.29. The molecule has 5 nitrogen and oxygen atoms in total. The molecule has 2 N–H and O–H groups in total. The fourth-order valence-corrected chi connectivity index (χ4v) is 2.15. The third-order valence-corrected chi connectivity index (χ3v) is 3.60. The summed E-state index contributed by atoms with van der Waals surface area (Å²) >= 11 is 0. The molecule has 132 valence electrons. The zero-order chi connectivity index (χ0) is 18.2. The molecule has 2 aromatic rings. The molecule has 0 radical (unpaired) electrons. The van der Waals surface area contributed by atoms with E-state index in [0.717, 1.165) is 16.9 Å². The van der Waals surface area contributed by atoms with Gasteiger partial charge >= 0.3 is 11.8 Å². The van der Waals surface area contributed by atoms with Crippen LogP contribution in [0.1, 0.15) is 25.0 Å². The summed E-state index contributed by atoms with van der Waals surface area (Å²) in [5, 5.41) is 5.21. The molecule has 0 aliphatic heterocycles. The van der Waals surface area contributed by atoms with Gasteiger partial charge in [0.15, 0.2) is 0 Å². The first kappa shape index (κ1) is 18.5. The number of amides is 2. The van der Waals surface area contributed by atoms with Crippen LogP contribution in [-0.2, 0) is 16.1 Å². The predicted octanol–water partition coefficient (Wildman–Crippen LogP) is 3.28. The summed E-state index contributed by atoms with van der Waals surface area (Å²) in [6, 6.07) is 14.7. The molecule has 0 aromatic heterocycles. The lowest BCUT2D eigenvalue weighted by Gasteiger charge is -2.10. The van der Waals surface area contributed by atoms with Crippen LogP contribution in [0.25, 0.3) is 0 Å². The minimum Gasteiger partial charge on any atom is -0.493 e. The van der Waals surface area contributed by atoms with Crippen LogP contribution in [0.5, 0.6) is 5.75 Å². The van der Waals surface area contributed by atoms with Crippen molar-refractivity contribution in [2.75, 3.05) is 11.9 Å². The van der Waals surface area contributed by atoms with Gasteiger partial charge in [-0.25, -0.2) is 0 Å². The number of anilines is 1. The van der Waals surface area contributed by atoms with Crippen molar-refractivity contribution >= 4 is 17.5 Å². The number of ether oxygens (including phenoxy) is 1. The van der Waals surface area contributed by atoms with Crippen molar-refractivity contribution in [3.63, 3.8) is 0 Å². The lowest BCUT2D eigenvalue weighted by molar-refractivity contribution is -0.136. The fraction of sp³-hybridized carbons (Fsp3) is 0.300. The molecule has 2 aromatic carbocycles. The summed E-state index contributed by atoms with van der Waals surface area (Å²) in [5.41, 5.74) is 2.60. The predicted molar refractivity (Wildman–Crippen MR) is 98.4 cm³/mol. The van der Waals surface area contributed by atoms with Crippen molar-refractivity contribution < 1.29 is 14.3 Å². The summed E-state index contributed by atoms with van der Waals surface area (Å²) in [5.74, 6) is -0.181. The Morgan fingerprint density at radius 2 is 1.68 bits per heavy atom. The van der Waals surface area contributed by atoms with E-state index in [2.05, 4.69) is 24.5 Å². The average molecular weight is 340 g/mol. The van der Waals surface area contributed by atoms with Gasteiger partial charge in [-0.3, -0.25) is 9.59 Å². The van der Waals surface area contributed by atoms with Crippen molar-refractivity contribution in [3.8, 4) is 5.75 Å². The van der Waals surface area contributed by atoms with Gasteiger partial charge in [0.05, 0.1) is 6.61 Å². The highest BCUT2D eigenvalue weighted by Gasteiger charge is 2.13. The molecule has 2 rings (SSSR count). The van der Waals surface area contributed by atoms with Gasteiger partial charge in [0.25, 0.3) is 0 Å². The van der Waals surface area contributed by atoms with Crippen LogP contribution in [0.4, 0.5) is 5.69 Å². The van der Waals surface area contributed by atoms with E-state index in [1.54, 1.807) is 24.3 Å². The number of aryl methyl sites for hydroxylation is 1. The second-order valence-electron chi connectivity index (χ2n) is 6.29. The molecule has 25 heavy (non-hydrogen) atoms. The Morgan fingerprint density at radius 3 is 2.32 bits per heavy atom. The van der Waals surface area contributed by atoms with Crippen LogP contribution in [0.2, 0.25) is 0 Å². The van der Waals surface area contributed by atoms with Crippen LogP contribution in [0.3, 0.4) is 0 Å². The number of carbonyl (C=O) groups excluding carboxylic acids is 2. The topological polar surface area (TPSA) is 67.4 Å².